The number of urea groups is 1. The largest absolute Gasteiger partial charge is 0.349 e. The highest BCUT2D eigenvalue weighted by atomic mass is 32.2. The third-order valence-corrected chi connectivity index (χ3v) is 5.76. The predicted molar refractivity (Wildman–Crippen MR) is 114 cm³/mol. The van der Waals surface area contributed by atoms with Crippen LogP contribution in [0.15, 0.2) is 53.7 Å². The van der Waals surface area contributed by atoms with Gasteiger partial charge in [0.2, 0.25) is 0 Å². The van der Waals surface area contributed by atoms with Crippen LogP contribution in [0.25, 0.3) is 11.0 Å². The number of fused-ring (bicyclic) bond motifs is 1. The van der Waals surface area contributed by atoms with Crippen LogP contribution in [0.2, 0.25) is 0 Å². The number of carbonyl (C=O) groups is 3. The van der Waals surface area contributed by atoms with E-state index < -0.39 is 17.5 Å². The van der Waals surface area contributed by atoms with Crippen molar-refractivity contribution in [3.63, 3.8) is 0 Å². The maximum Gasteiger partial charge on any atom is 0.322 e. The van der Waals surface area contributed by atoms with Gasteiger partial charge < -0.3 is 15.2 Å². The Balaban J connectivity index is 1.45. The lowest BCUT2D eigenvalue weighted by Gasteiger charge is -2.20. The lowest BCUT2D eigenvalue weighted by Crippen LogP contribution is -2.52. The van der Waals surface area contributed by atoms with Crippen molar-refractivity contribution in [2.75, 3.05) is 12.8 Å². The van der Waals surface area contributed by atoms with Crippen LogP contribution in [0.4, 0.5) is 4.79 Å². The Hall–Kier alpha value is -3.33. The van der Waals surface area contributed by atoms with Crippen molar-refractivity contribution >= 4 is 40.6 Å². The molecule has 1 aliphatic rings. The minimum absolute atomic E-state index is 0.00324. The summed E-state index contributed by atoms with van der Waals surface area (Å²) in [6, 6.07) is 14.7. The van der Waals surface area contributed by atoms with E-state index in [1.807, 2.05) is 42.7 Å². The van der Waals surface area contributed by atoms with E-state index in [1.54, 1.807) is 30.8 Å². The fraction of sp³-hybridized carbons (Fsp3) is 0.238. The first-order valence-corrected chi connectivity index (χ1v) is 10.6. The molecule has 2 aromatic carbocycles. The lowest BCUT2D eigenvalue weighted by molar-refractivity contribution is -0.123. The molecule has 4 amide bonds. The summed E-state index contributed by atoms with van der Waals surface area (Å²) in [5.41, 5.74) is 2.39. The monoisotopic (exact) mass is 423 g/mol. The van der Waals surface area contributed by atoms with E-state index >= 15 is 0 Å². The average molecular weight is 423 g/mol. The Morgan fingerprint density at radius 3 is 2.57 bits per heavy atom. The third-order valence-electron chi connectivity index (χ3n) is 5.08. The number of aromatic nitrogens is 2. The molecule has 2 heterocycles. The van der Waals surface area contributed by atoms with Crippen LogP contribution < -0.4 is 16.0 Å². The van der Waals surface area contributed by atoms with Crippen LogP contribution in [0.1, 0.15) is 22.8 Å². The number of hydrogen-bond acceptors (Lipinski definition) is 5. The number of para-hydroxylation sites is 2. The van der Waals surface area contributed by atoms with Crippen LogP contribution in [-0.2, 0) is 11.3 Å². The molecule has 1 unspecified atom stereocenters. The Morgan fingerprint density at radius 2 is 1.90 bits per heavy atom. The Bertz CT molecular complexity index is 1140. The standard InChI is InChI=1S/C21H21N5O3S/c1-21(18(28)24-19(29)25-21)12-22-17(27)14-9-7-13(8-10-14)11-26-16-6-4-3-5-15(16)23-20(26)30-2/h3-10H,11-12H2,1-2H3,(H,22,27)(H2,24,25,28,29). The number of carbonyl (C=O) groups excluding carboxylic acids is 3. The lowest BCUT2D eigenvalue weighted by atomic mass is 10.0. The predicted octanol–water partition coefficient (Wildman–Crippen LogP) is 2.13. The molecule has 1 aliphatic heterocycles. The van der Waals surface area contributed by atoms with E-state index in [0.29, 0.717) is 12.1 Å². The summed E-state index contributed by atoms with van der Waals surface area (Å²) in [5.74, 6) is -0.769. The van der Waals surface area contributed by atoms with Crippen molar-refractivity contribution in [3.05, 3.63) is 59.7 Å². The van der Waals surface area contributed by atoms with Gasteiger partial charge in [0.15, 0.2) is 5.16 Å². The minimum Gasteiger partial charge on any atom is -0.349 e. The van der Waals surface area contributed by atoms with Gasteiger partial charge in [-0.05, 0) is 43.0 Å². The van der Waals surface area contributed by atoms with Gasteiger partial charge in [-0.2, -0.15) is 0 Å². The van der Waals surface area contributed by atoms with Crippen molar-refractivity contribution in [1.82, 2.24) is 25.5 Å². The molecule has 154 valence electrons. The zero-order valence-corrected chi connectivity index (χ0v) is 17.4. The van der Waals surface area contributed by atoms with E-state index in [2.05, 4.69) is 25.5 Å². The summed E-state index contributed by atoms with van der Waals surface area (Å²) >= 11 is 1.59. The summed E-state index contributed by atoms with van der Waals surface area (Å²) in [4.78, 5) is 40.3. The number of rotatable bonds is 6. The smallest absolute Gasteiger partial charge is 0.322 e. The second-order valence-corrected chi connectivity index (χ2v) is 8.07. The van der Waals surface area contributed by atoms with E-state index in [0.717, 1.165) is 21.8 Å². The number of imidazole rings is 1. The highest BCUT2D eigenvalue weighted by Crippen LogP contribution is 2.23. The average Bonchev–Trinajstić information content (AvgIpc) is 3.22. The quantitative estimate of drug-likeness (QED) is 0.416. The van der Waals surface area contributed by atoms with Crippen molar-refractivity contribution in [3.8, 4) is 0 Å². The minimum atomic E-state index is -1.15. The topological polar surface area (TPSA) is 105 Å². The molecular formula is C21H21N5O3S. The second-order valence-electron chi connectivity index (χ2n) is 7.29. The molecule has 1 aromatic heterocycles. The van der Waals surface area contributed by atoms with Crippen LogP contribution in [0.5, 0.6) is 0 Å². The van der Waals surface area contributed by atoms with Gasteiger partial charge in [0.25, 0.3) is 11.8 Å². The van der Waals surface area contributed by atoms with Crippen LogP contribution in [0.3, 0.4) is 0 Å². The molecule has 3 aromatic rings. The molecule has 3 N–H and O–H groups in total. The third kappa shape index (κ3) is 3.76. The summed E-state index contributed by atoms with van der Waals surface area (Å²) in [5, 5.41) is 8.33. The number of imide groups is 1. The summed E-state index contributed by atoms with van der Waals surface area (Å²) in [7, 11) is 0. The molecule has 1 saturated heterocycles. The number of benzene rings is 2. The van der Waals surface area contributed by atoms with Gasteiger partial charge >= 0.3 is 6.03 Å². The molecule has 1 atom stereocenters. The van der Waals surface area contributed by atoms with Crippen LogP contribution >= 0.6 is 11.8 Å². The molecule has 0 saturated carbocycles. The van der Waals surface area contributed by atoms with Gasteiger partial charge in [-0.3, -0.25) is 14.9 Å². The zero-order chi connectivity index (χ0) is 21.3. The zero-order valence-electron chi connectivity index (χ0n) is 16.6. The van der Waals surface area contributed by atoms with Crippen molar-refractivity contribution in [2.24, 2.45) is 0 Å². The first kappa shape index (κ1) is 20.0. The first-order chi connectivity index (χ1) is 14.4. The van der Waals surface area contributed by atoms with E-state index in [4.69, 9.17) is 0 Å². The fourth-order valence-corrected chi connectivity index (χ4v) is 3.94. The normalized spacial score (nSPS) is 18.3. The molecule has 30 heavy (non-hydrogen) atoms. The van der Waals surface area contributed by atoms with E-state index in [-0.39, 0.29) is 12.5 Å². The maximum absolute atomic E-state index is 12.5. The Morgan fingerprint density at radius 1 is 1.17 bits per heavy atom. The summed E-state index contributed by atoms with van der Waals surface area (Å²) in [6.45, 7) is 2.21. The van der Waals surface area contributed by atoms with Gasteiger partial charge in [-0.25, -0.2) is 9.78 Å². The van der Waals surface area contributed by atoms with Gasteiger partial charge in [0.05, 0.1) is 17.6 Å². The van der Waals surface area contributed by atoms with Crippen molar-refractivity contribution < 1.29 is 14.4 Å². The Kier molecular flexibility index (Phi) is 5.21. The number of thioether (sulfide) groups is 1. The Labute approximate surface area is 177 Å². The second kappa shape index (κ2) is 7.83. The number of nitrogens with one attached hydrogen (secondary N) is 3. The number of hydrogen-bond donors (Lipinski definition) is 3. The van der Waals surface area contributed by atoms with Crippen molar-refractivity contribution in [1.29, 1.82) is 0 Å². The summed E-state index contributed by atoms with van der Waals surface area (Å²) < 4.78 is 2.15. The summed E-state index contributed by atoms with van der Waals surface area (Å²) in [6.07, 6.45) is 2.00. The molecule has 0 aliphatic carbocycles. The number of amides is 4. The highest BCUT2D eigenvalue weighted by molar-refractivity contribution is 7.98. The van der Waals surface area contributed by atoms with E-state index in [9.17, 15) is 14.4 Å². The number of nitrogens with zero attached hydrogens (tertiary/aromatic N) is 2. The molecule has 9 heteroatoms. The van der Waals surface area contributed by atoms with Crippen LogP contribution in [0, 0.1) is 0 Å². The molecule has 1 fully saturated rings. The van der Waals surface area contributed by atoms with Gasteiger partial charge in [0.1, 0.15) is 5.54 Å². The first-order valence-electron chi connectivity index (χ1n) is 9.39. The molecule has 0 radical (unpaired) electrons. The highest BCUT2D eigenvalue weighted by Gasteiger charge is 2.42. The molecule has 0 spiro atoms. The maximum atomic E-state index is 12.5. The van der Waals surface area contributed by atoms with Gasteiger partial charge in [-0.15, -0.1) is 0 Å². The molecule has 0 bridgehead atoms. The fourth-order valence-electron chi connectivity index (χ4n) is 3.37. The SMILES string of the molecule is CSc1nc2ccccc2n1Cc1ccc(C(=O)NCC2(C)NC(=O)NC2=O)cc1. The molecular weight excluding hydrogens is 402 g/mol. The molecule has 8 nitrogen and oxygen atoms in total. The van der Waals surface area contributed by atoms with Gasteiger partial charge in [0, 0.05) is 12.1 Å². The van der Waals surface area contributed by atoms with E-state index in [1.165, 1.54) is 0 Å². The molecule has 4 rings (SSSR count). The van der Waals surface area contributed by atoms with Crippen LogP contribution in [-0.4, -0.2) is 45.7 Å². The van der Waals surface area contributed by atoms with Crippen molar-refractivity contribution in [2.45, 2.75) is 24.2 Å². The van der Waals surface area contributed by atoms with Gasteiger partial charge in [-0.1, -0.05) is 36.0 Å².